The lowest BCUT2D eigenvalue weighted by molar-refractivity contribution is -0.113. The number of fused-ring (bicyclic) bond motifs is 1. The second-order valence-corrected chi connectivity index (χ2v) is 6.88. The van der Waals surface area contributed by atoms with E-state index in [0.717, 1.165) is 9.60 Å². The first-order chi connectivity index (χ1) is 10.6. The zero-order chi connectivity index (χ0) is 15.5. The second kappa shape index (κ2) is 6.64. The van der Waals surface area contributed by atoms with E-state index in [1.807, 2.05) is 12.1 Å². The standard InChI is InChI=1S/C15H10ClFN2OS2/c16-11-2-1-3-12-14(11)19-15(22-12)18-13(20)8-21-10-6-4-9(17)5-7-10/h1-7H,8H2,(H,18,19,20). The van der Waals surface area contributed by atoms with Crippen LogP contribution in [-0.4, -0.2) is 16.6 Å². The smallest absolute Gasteiger partial charge is 0.236 e. The van der Waals surface area contributed by atoms with Crippen molar-refractivity contribution in [3.63, 3.8) is 0 Å². The Kier molecular flexibility index (Phi) is 4.61. The Bertz CT molecular complexity index is 820. The van der Waals surface area contributed by atoms with Crippen LogP contribution in [0.3, 0.4) is 0 Å². The Morgan fingerprint density at radius 3 is 2.77 bits per heavy atom. The van der Waals surface area contributed by atoms with Gasteiger partial charge in [-0.05, 0) is 36.4 Å². The number of amides is 1. The molecule has 3 rings (SSSR count). The van der Waals surface area contributed by atoms with Crippen LogP contribution in [0.15, 0.2) is 47.4 Å². The van der Waals surface area contributed by atoms with Gasteiger partial charge < -0.3 is 5.32 Å². The summed E-state index contributed by atoms with van der Waals surface area (Å²) in [7, 11) is 0. The molecule has 0 bridgehead atoms. The molecule has 0 unspecified atom stereocenters. The summed E-state index contributed by atoms with van der Waals surface area (Å²) in [5, 5.41) is 3.84. The van der Waals surface area contributed by atoms with Crippen molar-refractivity contribution in [3.05, 3.63) is 53.3 Å². The molecule has 0 aliphatic heterocycles. The molecule has 0 radical (unpaired) electrons. The molecule has 0 spiro atoms. The number of nitrogens with zero attached hydrogens (tertiary/aromatic N) is 1. The fraction of sp³-hybridized carbons (Fsp3) is 0.0667. The molecule has 1 aromatic heterocycles. The quantitative estimate of drug-likeness (QED) is 0.684. The van der Waals surface area contributed by atoms with E-state index >= 15 is 0 Å². The lowest BCUT2D eigenvalue weighted by Crippen LogP contribution is -2.13. The Morgan fingerprint density at radius 2 is 2.05 bits per heavy atom. The van der Waals surface area contributed by atoms with Gasteiger partial charge in [0.25, 0.3) is 0 Å². The maximum Gasteiger partial charge on any atom is 0.236 e. The molecule has 1 heterocycles. The van der Waals surface area contributed by atoms with Gasteiger partial charge in [-0.1, -0.05) is 29.0 Å². The van der Waals surface area contributed by atoms with Crippen molar-refractivity contribution in [2.24, 2.45) is 0 Å². The number of rotatable bonds is 4. The minimum atomic E-state index is -0.292. The lowest BCUT2D eigenvalue weighted by atomic mass is 10.3. The molecule has 3 aromatic rings. The number of thiazole rings is 1. The van der Waals surface area contributed by atoms with Crippen LogP contribution in [0.4, 0.5) is 9.52 Å². The number of hydrogen-bond acceptors (Lipinski definition) is 4. The SMILES string of the molecule is O=C(CSc1ccc(F)cc1)Nc1nc2c(Cl)cccc2s1. The average molecular weight is 353 g/mol. The van der Waals surface area contributed by atoms with Crippen LogP contribution in [0.5, 0.6) is 0 Å². The van der Waals surface area contributed by atoms with Crippen LogP contribution < -0.4 is 5.32 Å². The van der Waals surface area contributed by atoms with Gasteiger partial charge in [0.2, 0.25) is 5.91 Å². The van der Waals surface area contributed by atoms with Gasteiger partial charge in [0.1, 0.15) is 11.3 Å². The predicted octanol–water partition coefficient (Wildman–Crippen LogP) is 4.82. The number of benzene rings is 2. The van der Waals surface area contributed by atoms with Gasteiger partial charge >= 0.3 is 0 Å². The molecule has 2 aromatic carbocycles. The molecule has 0 saturated heterocycles. The van der Waals surface area contributed by atoms with E-state index in [1.54, 1.807) is 18.2 Å². The number of thioether (sulfide) groups is 1. The maximum atomic E-state index is 12.8. The van der Waals surface area contributed by atoms with Gasteiger partial charge in [-0.15, -0.1) is 11.8 Å². The minimum absolute atomic E-state index is 0.162. The third kappa shape index (κ3) is 3.58. The Hall–Kier alpha value is -1.63. The molecule has 0 aliphatic rings. The molecule has 1 amide bonds. The van der Waals surface area contributed by atoms with E-state index in [-0.39, 0.29) is 17.5 Å². The van der Waals surface area contributed by atoms with Gasteiger partial charge in [-0.2, -0.15) is 0 Å². The number of halogens is 2. The first-order valence-electron chi connectivity index (χ1n) is 6.35. The van der Waals surface area contributed by atoms with Crippen molar-refractivity contribution in [1.29, 1.82) is 0 Å². The third-order valence-corrected chi connectivity index (χ3v) is 5.05. The zero-order valence-electron chi connectivity index (χ0n) is 11.2. The highest BCUT2D eigenvalue weighted by Gasteiger charge is 2.10. The van der Waals surface area contributed by atoms with E-state index < -0.39 is 0 Å². The summed E-state index contributed by atoms with van der Waals surface area (Å²) in [4.78, 5) is 17.1. The van der Waals surface area contributed by atoms with Crippen LogP contribution >= 0.6 is 34.7 Å². The third-order valence-electron chi connectivity index (χ3n) is 2.80. The number of carbonyl (C=O) groups is 1. The Balaban J connectivity index is 1.63. The number of anilines is 1. The molecular weight excluding hydrogens is 343 g/mol. The molecule has 3 nitrogen and oxygen atoms in total. The highest BCUT2D eigenvalue weighted by Crippen LogP contribution is 2.30. The molecule has 0 aliphatic carbocycles. The van der Waals surface area contributed by atoms with Gasteiger partial charge in [0.05, 0.1) is 15.5 Å². The van der Waals surface area contributed by atoms with Crippen molar-refractivity contribution >= 4 is 56.0 Å². The summed E-state index contributed by atoms with van der Waals surface area (Å²) in [5.41, 5.74) is 0.690. The number of aromatic nitrogens is 1. The predicted molar refractivity (Wildman–Crippen MR) is 90.4 cm³/mol. The van der Waals surface area contributed by atoms with Crippen LogP contribution in [0.1, 0.15) is 0 Å². The van der Waals surface area contributed by atoms with Crippen LogP contribution in [-0.2, 0) is 4.79 Å². The van der Waals surface area contributed by atoms with E-state index in [2.05, 4.69) is 10.3 Å². The summed E-state index contributed by atoms with van der Waals surface area (Å²) in [6.07, 6.45) is 0. The summed E-state index contributed by atoms with van der Waals surface area (Å²) in [5.74, 6) is -0.223. The first kappa shape index (κ1) is 15.3. The number of carbonyl (C=O) groups excluding carboxylic acids is 1. The normalized spacial score (nSPS) is 10.8. The fourth-order valence-electron chi connectivity index (χ4n) is 1.80. The van der Waals surface area contributed by atoms with Crippen LogP contribution in [0, 0.1) is 5.82 Å². The molecule has 7 heteroatoms. The van der Waals surface area contributed by atoms with E-state index in [9.17, 15) is 9.18 Å². The molecule has 1 N–H and O–H groups in total. The first-order valence-corrected chi connectivity index (χ1v) is 8.53. The summed E-state index contributed by atoms with van der Waals surface area (Å²) in [6.45, 7) is 0. The molecule has 0 saturated carbocycles. The van der Waals surface area contributed by atoms with E-state index in [4.69, 9.17) is 11.6 Å². The van der Waals surface area contributed by atoms with Crippen molar-refractivity contribution < 1.29 is 9.18 Å². The van der Waals surface area contributed by atoms with E-state index in [0.29, 0.717) is 15.7 Å². The van der Waals surface area contributed by atoms with Gasteiger partial charge in [0.15, 0.2) is 5.13 Å². The Labute approximate surface area is 139 Å². The van der Waals surface area contributed by atoms with Crippen LogP contribution in [0.2, 0.25) is 5.02 Å². The molecule has 0 fully saturated rings. The summed E-state index contributed by atoms with van der Waals surface area (Å²) >= 11 is 8.77. The van der Waals surface area contributed by atoms with Crippen molar-refractivity contribution in [1.82, 2.24) is 4.98 Å². The lowest BCUT2D eigenvalue weighted by Gasteiger charge is -2.02. The monoisotopic (exact) mass is 352 g/mol. The van der Waals surface area contributed by atoms with Crippen molar-refractivity contribution in [2.45, 2.75) is 4.90 Å². The number of nitrogens with one attached hydrogen (secondary N) is 1. The van der Waals surface area contributed by atoms with Gasteiger partial charge in [-0.25, -0.2) is 9.37 Å². The topological polar surface area (TPSA) is 42.0 Å². The molecule has 0 atom stereocenters. The minimum Gasteiger partial charge on any atom is -0.301 e. The molecule has 112 valence electrons. The van der Waals surface area contributed by atoms with E-state index in [1.165, 1.54) is 35.2 Å². The fourth-order valence-corrected chi connectivity index (χ4v) is 3.68. The summed E-state index contributed by atoms with van der Waals surface area (Å²) < 4.78 is 13.7. The highest BCUT2D eigenvalue weighted by molar-refractivity contribution is 8.00. The largest absolute Gasteiger partial charge is 0.301 e. The number of hydrogen-bond donors (Lipinski definition) is 1. The Morgan fingerprint density at radius 1 is 1.27 bits per heavy atom. The average Bonchev–Trinajstić information content (AvgIpc) is 2.90. The zero-order valence-corrected chi connectivity index (χ0v) is 13.6. The summed E-state index contributed by atoms with van der Waals surface area (Å²) in [6, 6.07) is 11.5. The number of para-hydroxylation sites is 1. The highest BCUT2D eigenvalue weighted by atomic mass is 35.5. The van der Waals surface area contributed by atoms with Gasteiger partial charge in [0, 0.05) is 4.90 Å². The second-order valence-electron chi connectivity index (χ2n) is 4.40. The molecular formula is C15H10ClFN2OS2. The van der Waals surface area contributed by atoms with Gasteiger partial charge in [-0.3, -0.25) is 4.79 Å². The van der Waals surface area contributed by atoms with Crippen molar-refractivity contribution in [3.8, 4) is 0 Å². The van der Waals surface area contributed by atoms with Crippen molar-refractivity contribution in [2.75, 3.05) is 11.1 Å². The van der Waals surface area contributed by atoms with Crippen LogP contribution in [0.25, 0.3) is 10.2 Å². The maximum absolute atomic E-state index is 12.8. The molecule has 22 heavy (non-hydrogen) atoms.